The van der Waals surface area contributed by atoms with Crippen LogP contribution in [0.25, 0.3) is 5.57 Å². The highest BCUT2D eigenvalue weighted by Crippen LogP contribution is 2.31. The zero-order chi connectivity index (χ0) is 16.0. The van der Waals surface area contributed by atoms with E-state index in [2.05, 4.69) is 16.1 Å². The van der Waals surface area contributed by atoms with Crippen molar-refractivity contribution in [2.45, 2.75) is 25.8 Å². The molecule has 6 nitrogen and oxygen atoms in total. The van der Waals surface area contributed by atoms with E-state index in [0.29, 0.717) is 6.61 Å². The summed E-state index contributed by atoms with van der Waals surface area (Å²) >= 11 is 0. The Morgan fingerprint density at radius 3 is 3.05 bits per heavy atom. The number of nitrogens with one attached hydrogen (secondary N) is 4. The van der Waals surface area contributed by atoms with Gasteiger partial charge in [0.15, 0.2) is 0 Å². The fraction of sp³-hybridized carbons (Fsp3) is 0.438. The Hall–Kier alpha value is -2.05. The molecule has 22 heavy (non-hydrogen) atoms. The molecule has 0 saturated heterocycles. The first kappa shape index (κ1) is 16.3. The molecule has 1 aliphatic heterocycles. The SMILES string of the molecule is CC(C)(CO)N/C=C(\C=N)c1cccc2c1NCCCON2. The second-order valence-electron chi connectivity index (χ2n) is 5.89. The van der Waals surface area contributed by atoms with Crippen molar-refractivity contribution in [3.63, 3.8) is 0 Å². The van der Waals surface area contributed by atoms with E-state index in [1.165, 1.54) is 6.21 Å². The average molecular weight is 304 g/mol. The van der Waals surface area contributed by atoms with Crippen molar-refractivity contribution >= 4 is 23.2 Å². The van der Waals surface area contributed by atoms with Crippen molar-refractivity contribution < 1.29 is 9.94 Å². The maximum Gasteiger partial charge on any atom is 0.0842 e. The third kappa shape index (κ3) is 3.99. The molecule has 0 atom stereocenters. The van der Waals surface area contributed by atoms with Gasteiger partial charge in [-0.3, -0.25) is 10.3 Å². The Kier molecular flexibility index (Phi) is 5.41. The van der Waals surface area contributed by atoms with Gasteiger partial charge in [-0.05, 0) is 26.3 Å². The number of aliphatic hydroxyl groups excluding tert-OH is 1. The summed E-state index contributed by atoms with van der Waals surface area (Å²) in [5.74, 6) is 0. The molecule has 1 aromatic rings. The normalized spacial score (nSPS) is 15.7. The van der Waals surface area contributed by atoms with Crippen molar-refractivity contribution in [1.82, 2.24) is 5.32 Å². The van der Waals surface area contributed by atoms with Gasteiger partial charge in [-0.2, -0.15) is 0 Å². The summed E-state index contributed by atoms with van der Waals surface area (Å²) in [6, 6.07) is 5.81. The van der Waals surface area contributed by atoms with E-state index in [1.807, 2.05) is 32.0 Å². The molecule has 6 heteroatoms. The summed E-state index contributed by atoms with van der Waals surface area (Å²) in [6.45, 7) is 5.26. The Balaban J connectivity index is 2.34. The van der Waals surface area contributed by atoms with Crippen molar-refractivity contribution in [3.8, 4) is 0 Å². The van der Waals surface area contributed by atoms with E-state index in [1.54, 1.807) is 6.20 Å². The summed E-state index contributed by atoms with van der Waals surface area (Å²) in [5, 5.41) is 23.6. The maximum absolute atomic E-state index is 9.32. The van der Waals surface area contributed by atoms with Gasteiger partial charge >= 0.3 is 0 Å². The lowest BCUT2D eigenvalue weighted by molar-refractivity contribution is 0.191. The number of para-hydroxylation sites is 1. The van der Waals surface area contributed by atoms with Crippen LogP contribution in [0.4, 0.5) is 11.4 Å². The first-order chi connectivity index (χ1) is 10.6. The molecule has 0 saturated carbocycles. The summed E-state index contributed by atoms with van der Waals surface area (Å²) < 4.78 is 0. The van der Waals surface area contributed by atoms with Crippen LogP contribution < -0.4 is 16.1 Å². The predicted molar refractivity (Wildman–Crippen MR) is 90.2 cm³/mol. The standard InChI is InChI=1S/C16H24N4O2/c1-16(2,11-21)19-10-12(9-17)13-5-3-6-14-15(13)18-7-4-8-22-20-14/h3,5-6,9-10,17-21H,4,7-8,11H2,1-2H3/b12-10+,17-9?. The highest BCUT2D eigenvalue weighted by molar-refractivity contribution is 6.11. The molecule has 1 heterocycles. The quantitative estimate of drug-likeness (QED) is 0.538. The molecule has 0 amide bonds. The first-order valence-electron chi connectivity index (χ1n) is 7.41. The number of fused-ring (bicyclic) bond motifs is 1. The lowest BCUT2D eigenvalue weighted by Gasteiger charge is -2.24. The molecule has 0 fully saturated rings. The highest BCUT2D eigenvalue weighted by atomic mass is 16.6. The fourth-order valence-corrected chi connectivity index (χ4v) is 2.07. The zero-order valence-electron chi connectivity index (χ0n) is 13.1. The van der Waals surface area contributed by atoms with E-state index in [9.17, 15) is 5.11 Å². The molecule has 2 rings (SSSR count). The number of benzene rings is 1. The van der Waals surface area contributed by atoms with Crippen LogP contribution in [0.15, 0.2) is 24.4 Å². The minimum Gasteiger partial charge on any atom is -0.394 e. The van der Waals surface area contributed by atoms with Gasteiger partial charge in [-0.15, -0.1) is 0 Å². The first-order valence-corrected chi connectivity index (χ1v) is 7.41. The Morgan fingerprint density at radius 2 is 2.32 bits per heavy atom. The molecule has 0 spiro atoms. The fourth-order valence-electron chi connectivity index (χ4n) is 2.07. The molecular formula is C16H24N4O2. The predicted octanol–water partition coefficient (Wildman–Crippen LogP) is 2.20. The maximum atomic E-state index is 9.32. The number of anilines is 2. The number of aliphatic hydroxyl groups is 1. The largest absolute Gasteiger partial charge is 0.394 e. The van der Waals surface area contributed by atoms with E-state index in [-0.39, 0.29) is 6.61 Å². The monoisotopic (exact) mass is 304 g/mol. The van der Waals surface area contributed by atoms with E-state index in [4.69, 9.17) is 10.2 Å². The van der Waals surface area contributed by atoms with Crippen LogP contribution >= 0.6 is 0 Å². The minimum absolute atomic E-state index is 0.00925. The highest BCUT2D eigenvalue weighted by Gasteiger charge is 2.16. The van der Waals surface area contributed by atoms with E-state index >= 15 is 0 Å². The van der Waals surface area contributed by atoms with Gasteiger partial charge < -0.3 is 21.1 Å². The van der Waals surface area contributed by atoms with Crippen LogP contribution in [0.1, 0.15) is 25.8 Å². The smallest absolute Gasteiger partial charge is 0.0842 e. The van der Waals surface area contributed by atoms with Gasteiger partial charge in [-0.25, -0.2) is 0 Å². The number of rotatable bonds is 5. The Labute approximate surface area is 131 Å². The van der Waals surface area contributed by atoms with Crippen molar-refractivity contribution in [1.29, 1.82) is 5.41 Å². The number of hydrogen-bond acceptors (Lipinski definition) is 6. The topological polar surface area (TPSA) is 89.4 Å². The molecule has 0 aliphatic carbocycles. The molecule has 0 radical (unpaired) electrons. The Morgan fingerprint density at radius 1 is 1.50 bits per heavy atom. The minimum atomic E-state index is -0.438. The summed E-state index contributed by atoms with van der Waals surface area (Å²) in [4.78, 5) is 5.39. The summed E-state index contributed by atoms with van der Waals surface area (Å²) in [5.41, 5.74) is 5.91. The van der Waals surface area contributed by atoms with Crippen LogP contribution in [-0.4, -0.2) is 36.6 Å². The summed E-state index contributed by atoms with van der Waals surface area (Å²) in [7, 11) is 0. The van der Waals surface area contributed by atoms with Crippen LogP contribution in [-0.2, 0) is 4.84 Å². The zero-order valence-corrected chi connectivity index (χ0v) is 13.1. The Bertz CT molecular complexity index is 555. The van der Waals surface area contributed by atoms with Gasteiger partial charge in [0, 0.05) is 30.1 Å². The molecule has 0 bridgehead atoms. The molecular weight excluding hydrogens is 280 g/mol. The number of hydrogen-bond donors (Lipinski definition) is 5. The third-order valence-electron chi connectivity index (χ3n) is 3.45. The second kappa shape index (κ2) is 7.29. The van der Waals surface area contributed by atoms with Crippen LogP contribution in [0, 0.1) is 5.41 Å². The molecule has 120 valence electrons. The number of allylic oxidation sites excluding steroid dienone is 1. The van der Waals surface area contributed by atoms with Crippen LogP contribution in [0.2, 0.25) is 0 Å². The molecule has 5 N–H and O–H groups in total. The summed E-state index contributed by atoms with van der Waals surface area (Å²) in [6.07, 6.45) is 3.97. The molecule has 0 aromatic heterocycles. The molecule has 0 unspecified atom stereocenters. The van der Waals surface area contributed by atoms with E-state index < -0.39 is 5.54 Å². The lowest BCUT2D eigenvalue weighted by atomic mass is 10.0. The molecule has 1 aromatic carbocycles. The van der Waals surface area contributed by atoms with Gasteiger partial charge in [0.05, 0.1) is 30.1 Å². The average Bonchev–Trinajstić information content (AvgIpc) is 2.48. The van der Waals surface area contributed by atoms with Crippen molar-refractivity contribution in [2.75, 3.05) is 30.6 Å². The van der Waals surface area contributed by atoms with Gasteiger partial charge in [0.1, 0.15) is 0 Å². The van der Waals surface area contributed by atoms with Crippen LogP contribution in [0.3, 0.4) is 0 Å². The lowest BCUT2D eigenvalue weighted by Crippen LogP contribution is -2.39. The third-order valence-corrected chi connectivity index (χ3v) is 3.45. The van der Waals surface area contributed by atoms with E-state index in [0.717, 1.165) is 35.5 Å². The van der Waals surface area contributed by atoms with Gasteiger partial charge in [-0.1, -0.05) is 12.1 Å². The molecule has 1 aliphatic rings. The van der Waals surface area contributed by atoms with Gasteiger partial charge in [0.2, 0.25) is 0 Å². The van der Waals surface area contributed by atoms with Crippen molar-refractivity contribution in [2.24, 2.45) is 0 Å². The second-order valence-corrected chi connectivity index (χ2v) is 5.89. The van der Waals surface area contributed by atoms with Crippen molar-refractivity contribution in [3.05, 3.63) is 30.0 Å². The van der Waals surface area contributed by atoms with Gasteiger partial charge in [0.25, 0.3) is 0 Å². The van der Waals surface area contributed by atoms with Crippen LogP contribution in [0.5, 0.6) is 0 Å².